The molecule has 2 aromatic rings. The molecule has 1 saturated heterocycles. The summed E-state index contributed by atoms with van der Waals surface area (Å²) in [6.45, 7) is 2.98. The first kappa shape index (κ1) is 19.8. The van der Waals surface area contributed by atoms with Crippen LogP contribution in [0.3, 0.4) is 0 Å². The quantitative estimate of drug-likeness (QED) is 0.784. The predicted molar refractivity (Wildman–Crippen MR) is 111 cm³/mol. The topological polar surface area (TPSA) is 58.6 Å². The van der Waals surface area contributed by atoms with Crippen LogP contribution >= 0.6 is 0 Å². The van der Waals surface area contributed by atoms with Crippen LogP contribution in [0.5, 0.6) is 5.75 Å². The summed E-state index contributed by atoms with van der Waals surface area (Å²) < 4.78 is 5.91. The number of carbonyl (C=O) groups excluding carboxylic acids is 1. The number of para-hydroxylation sites is 1. The van der Waals surface area contributed by atoms with Gasteiger partial charge in [0.15, 0.2) is 6.61 Å². The van der Waals surface area contributed by atoms with Crippen LogP contribution < -0.4 is 4.74 Å². The van der Waals surface area contributed by atoms with Gasteiger partial charge >= 0.3 is 0 Å². The van der Waals surface area contributed by atoms with Gasteiger partial charge in [0.1, 0.15) is 12.1 Å². The number of hydrogen-bond donors (Lipinski definition) is 0. The van der Waals surface area contributed by atoms with Gasteiger partial charge in [0.05, 0.1) is 0 Å². The highest BCUT2D eigenvalue weighted by Gasteiger charge is 2.34. The van der Waals surface area contributed by atoms with E-state index in [9.17, 15) is 4.79 Å². The van der Waals surface area contributed by atoms with E-state index in [0.717, 1.165) is 56.6 Å². The number of ether oxygens (including phenoxy) is 1. The fourth-order valence-corrected chi connectivity index (χ4v) is 4.70. The van der Waals surface area contributed by atoms with E-state index in [1.807, 2.05) is 42.5 Å². The van der Waals surface area contributed by atoms with Gasteiger partial charge in [-0.05, 0) is 43.2 Å². The van der Waals surface area contributed by atoms with Crippen molar-refractivity contribution in [2.24, 2.45) is 5.92 Å². The van der Waals surface area contributed by atoms with Crippen LogP contribution in [-0.4, -0.2) is 58.5 Å². The lowest BCUT2D eigenvalue weighted by Crippen LogP contribution is -2.52. The molecule has 0 unspecified atom stereocenters. The molecule has 0 bridgehead atoms. The van der Waals surface area contributed by atoms with E-state index in [2.05, 4.69) is 20.9 Å². The zero-order valence-corrected chi connectivity index (χ0v) is 17.2. The molecule has 0 spiro atoms. The molecule has 4 rings (SSSR count). The maximum atomic E-state index is 12.8. The van der Waals surface area contributed by atoms with E-state index in [4.69, 9.17) is 4.74 Å². The Labute approximate surface area is 172 Å². The van der Waals surface area contributed by atoms with Gasteiger partial charge in [0, 0.05) is 50.7 Å². The molecule has 2 aliphatic heterocycles. The lowest BCUT2D eigenvalue weighted by Gasteiger charge is -2.43. The minimum absolute atomic E-state index is 0.0697. The van der Waals surface area contributed by atoms with Gasteiger partial charge in [0.25, 0.3) is 5.91 Å². The summed E-state index contributed by atoms with van der Waals surface area (Å²) >= 11 is 0. The maximum Gasteiger partial charge on any atom is 0.260 e. The van der Waals surface area contributed by atoms with Crippen LogP contribution in [0.15, 0.2) is 43.0 Å². The average Bonchev–Trinajstić information content (AvgIpc) is 2.75. The summed E-state index contributed by atoms with van der Waals surface area (Å²) in [6.07, 6.45) is 10.8. The molecule has 6 nitrogen and oxygen atoms in total. The van der Waals surface area contributed by atoms with Gasteiger partial charge in [0.2, 0.25) is 0 Å². The molecule has 1 aromatic heterocycles. The summed E-state index contributed by atoms with van der Waals surface area (Å²) in [5, 5.41) is 0. The number of likely N-dealkylation sites (N-methyl/N-ethyl adjacent to an activating group) is 1. The largest absolute Gasteiger partial charge is 0.483 e. The molecule has 0 saturated carbocycles. The minimum Gasteiger partial charge on any atom is -0.483 e. The van der Waals surface area contributed by atoms with Crippen molar-refractivity contribution >= 4 is 5.91 Å². The monoisotopic (exact) mass is 394 g/mol. The van der Waals surface area contributed by atoms with E-state index < -0.39 is 0 Å². The Morgan fingerprint density at radius 1 is 1.14 bits per heavy atom. The lowest BCUT2D eigenvalue weighted by atomic mass is 9.86. The van der Waals surface area contributed by atoms with E-state index in [1.54, 1.807) is 6.33 Å². The van der Waals surface area contributed by atoms with Crippen LogP contribution in [0.4, 0.5) is 0 Å². The Kier molecular flexibility index (Phi) is 6.39. The van der Waals surface area contributed by atoms with E-state index in [0.29, 0.717) is 5.92 Å². The molecule has 1 amide bonds. The normalized spacial score (nSPS) is 23.9. The molecule has 154 valence electrons. The molecule has 3 heterocycles. The molecular weight excluding hydrogens is 364 g/mol. The first-order valence-electron chi connectivity index (χ1n) is 10.6. The van der Waals surface area contributed by atoms with Gasteiger partial charge in [-0.3, -0.25) is 9.69 Å². The molecule has 2 atom stereocenters. The number of aromatic nitrogens is 2. The van der Waals surface area contributed by atoms with Crippen LogP contribution in [0.2, 0.25) is 0 Å². The van der Waals surface area contributed by atoms with Crippen molar-refractivity contribution in [1.29, 1.82) is 0 Å². The molecule has 1 fully saturated rings. The zero-order chi connectivity index (χ0) is 20.1. The Morgan fingerprint density at radius 2 is 1.97 bits per heavy atom. The molecule has 0 radical (unpaired) electrons. The summed E-state index contributed by atoms with van der Waals surface area (Å²) in [5.74, 6) is 1.41. The average molecular weight is 395 g/mol. The van der Waals surface area contributed by atoms with Crippen molar-refractivity contribution in [3.63, 3.8) is 0 Å². The number of rotatable bonds is 2. The number of likely N-dealkylation sites (tertiary alicyclic amines) is 1. The number of hydrogen-bond acceptors (Lipinski definition) is 5. The Bertz CT molecular complexity index is 814. The third kappa shape index (κ3) is 4.93. The van der Waals surface area contributed by atoms with Crippen molar-refractivity contribution < 1.29 is 9.53 Å². The number of amides is 1. The fraction of sp³-hybridized carbons (Fsp3) is 0.522. The van der Waals surface area contributed by atoms with Gasteiger partial charge in [-0.15, -0.1) is 0 Å². The van der Waals surface area contributed by atoms with E-state index in [-0.39, 0.29) is 18.6 Å². The second-order valence-corrected chi connectivity index (χ2v) is 8.24. The molecular formula is C23H30N4O2. The highest BCUT2D eigenvalue weighted by Crippen LogP contribution is 2.29. The van der Waals surface area contributed by atoms with Crippen LogP contribution in [-0.2, 0) is 17.8 Å². The first-order chi connectivity index (χ1) is 14.2. The first-order valence-corrected chi connectivity index (χ1v) is 10.6. The van der Waals surface area contributed by atoms with Crippen molar-refractivity contribution in [2.45, 2.75) is 44.7 Å². The van der Waals surface area contributed by atoms with Gasteiger partial charge in [-0.2, -0.15) is 0 Å². The maximum absolute atomic E-state index is 12.8. The SMILES string of the molecule is CN1C(=O)COc2ccccc2CCCC[C@H]2CN(Cc3cncnc3)CC[C@H]21. The minimum atomic E-state index is 0.0697. The van der Waals surface area contributed by atoms with Crippen LogP contribution in [0.1, 0.15) is 36.8 Å². The van der Waals surface area contributed by atoms with E-state index in [1.165, 1.54) is 12.0 Å². The Hall–Kier alpha value is -2.47. The number of carbonyl (C=O) groups is 1. The molecule has 0 aliphatic carbocycles. The fourth-order valence-electron chi connectivity index (χ4n) is 4.70. The van der Waals surface area contributed by atoms with Crippen LogP contribution in [0.25, 0.3) is 0 Å². The predicted octanol–water partition coefficient (Wildman–Crippen LogP) is 2.93. The van der Waals surface area contributed by atoms with Crippen molar-refractivity contribution in [2.75, 3.05) is 26.7 Å². The summed E-state index contributed by atoms with van der Waals surface area (Å²) in [6, 6.07) is 8.39. The van der Waals surface area contributed by atoms with Gasteiger partial charge in [-0.1, -0.05) is 24.6 Å². The number of benzene rings is 1. The molecule has 2 aliphatic rings. The number of piperidine rings is 1. The lowest BCUT2D eigenvalue weighted by molar-refractivity contribution is -0.136. The Morgan fingerprint density at radius 3 is 2.83 bits per heavy atom. The molecule has 0 N–H and O–H groups in total. The van der Waals surface area contributed by atoms with Gasteiger partial charge < -0.3 is 9.64 Å². The standard InChI is InChI=1S/C23H30N4O2/c1-26-21-10-11-27(14-18-12-24-17-25-13-18)15-20(21)8-3-2-6-19-7-4-5-9-22(19)29-16-23(26)28/h4-5,7,9,12-13,17,20-21H,2-3,6,8,10-11,14-16H2,1H3/t20-,21+/m0/s1. The van der Waals surface area contributed by atoms with E-state index >= 15 is 0 Å². The zero-order valence-electron chi connectivity index (χ0n) is 17.2. The number of fused-ring (bicyclic) bond motifs is 2. The third-order valence-corrected chi connectivity index (χ3v) is 6.28. The van der Waals surface area contributed by atoms with Crippen molar-refractivity contribution in [3.8, 4) is 5.75 Å². The van der Waals surface area contributed by atoms with Crippen molar-refractivity contribution in [3.05, 3.63) is 54.1 Å². The molecule has 29 heavy (non-hydrogen) atoms. The van der Waals surface area contributed by atoms with Gasteiger partial charge in [-0.25, -0.2) is 9.97 Å². The smallest absolute Gasteiger partial charge is 0.260 e. The van der Waals surface area contributed by atoms with Crippen molar-refractivity contribution in [1.82, 2.24) is 19.8 Å². The second-order valence-electron chi connectivity index (χ2n) is 8.24. The number of nitrogens with zero attached hydrogens (tertiary/aromatic N) is 4. The second kappa shape index (κ2) is 9.35. The molecule has 1 aromatic carbocycles. The Balaban J connectivity index is 1.46. The third-order valence-electron chi connectivity index (χ3n) is 6.28. The highest BCUT2D eigenvalue weighted by atomic mass is 16.5. The highest BCUT2D eigenvalue weighted by molar-refractivity contribution is 5.78. The summed E-state index contributed by atoms with van der Waals surface area (Å²) in [4.78, 5) is 25.5. The summed E-state index contributed by atoms with van der Waals surface area (Å²) in [7, 11) is 1.95. The number of aryl methyl sites for hydroxylation is 1. The molecule has 6 heteroatoms. The summed E-state index contributed by atoms with van der Waals surface area (Å²) in [5.41, 5.74) is 2.35. The van der Waals surface area contributed by atoms with Crippen LogP contribution in [0, 0.1) is 5.92 Å².